The first-order valence-corrected chi connectivity index (χ1v) is 10.6. The number of piperidine rings is 1. The number of halogens is 1. The summed E-state index contributed by atoms with van der Waals surface area (Å²) in [6, 6.07) is 9.51. The molecule has 7 nitrogen and oxygen atoms in total. The number of nitrogens with one attached hydrogen (secondary N) is 1. The van der Waals surface area contributed by atoms with Gasteiger partial charge in [-0.25, -0.2) is 4.98 Å². The summed E-state index contributed by atoms with van der Waals surface area (Å²) in [5.74, 6) is 2.30. The lowest BCUT2D eigenvalue weighted by molar-refractivity contribution is -0.125. The lowest BCUT2D eigenvalue weighted by atomic mass is 9.95. The number of hydrogen-bond acceptors (Lipinski definition) is 6. The number of benzene rings is 1. The zero-order valence-corrected chi connectivity index (χ0v) is 18.7. The minimum absolute atomic E-state index is 0.00785. The van der Waals surface area contributed by atoms with E-state index < -0.39 is 0 Å². The summed E-state index contributed by atoms with van der Waals surface area (Å²) >= 11 is 3.56. The minimum atomic E-state index is 0.00785. The molecule has 1 amide bonds. The Morgan fingerprint density at radius 3 is 2.57 bits per heavy atom. The maximum absolute atomic E-state index is 12.6. The third-order valence-electron chi connectivity index (χ3n) is 5.31. The van der Waals surface area contributed by atoms with Crippen LogP contribution in [0.5, 0.6) is 11.5 Å². The highest BCUT2D eigenvalue weighted by atomic mass is 79.9. The number of pyridine rings is 1. The third kappa shape index (κ3) is 5.22. The lowest BCUT2D eigenvalue weighted by Crippen LogP contribution is -2.41. The van der Waals surface area contributed by atoms with E-state index in [1.54, 1.807) is 26.5 Å². The van der Waals surface area contributed by atoms with E-state index in [1.807, 2.05) is 18.2 Å². The van der Waals surface area contributed by atoms with E-state index in [1.165, 1.54) is 0 Å². The average Bonchev–Trinajstić information content (AvgIpc) is 2.79. The van der Waals surface area contributed by atoms with Crippen LogP contribution >= 0.6 is 15.9 Å². The van der Waals surface area contributed by atoms with E-state index in [2.05, 4.69) is 37.2 Å². The molecule has 158 valence electrons. The van der Waals surface area contributed by atoms with Crippen molar-refractivity contribution in [2.75, 3.05) is 38.8 Å². The minimum Gasteiger partial charge on any atom is -0.493 e. The number of carbonyl (C=O) groups excluding carboxylic acids is 1. The molecule has 1 aliphatic rings. The molecular weight excluding hydrogens is 448 g/mol. The van der Waals surface area contributed by atoms with Crippen LogP contribution in [0.1, 0.15) is 24.0 Å². The number of hydrogen-bond donors (Lipinski definition) is 1. The highest BCUT2D eigenvalue weighted by Gasteiger charge is 2.25. The average molecular weight is 473 g/mol. The first kappa shape index (κ1) is 21.9. The second kappa shape index (κ2) is 10.3. The Morgan fingerprint density at radius 2 is 1.97 bits per heavy atom. The Hall–Kier alpha value is -2.79. The maximum Gasteiger partial charge on any atom is 0.223 e. The van der Waals surface area contributed by atoms with Gasteiger partial charge in [0.1, 0.15) is 11.9 Å². The molecule has 0 unspecified atom stereocenters. The molecule has 0 atom stereocenters. The van der Waals surface area contributed by atoms with Crippen LogP contribution in [0.25, 0.3) is 0 Å². The Kier molecular flexibility index (Phi) is 7.52. The molecule has 1 saturated heterocycles. The number of aromatic nitrogens is 1. The van der Waals surface area contributed by atoms with Crippen LogP contribution in [0.4, 0.5) is 5.82 Å². The molecule has 1 aromatic heterocycles. The van der Waals surface area contributed by atoms with Gasteiger partial charge in [-0.1, -0.05) is 15.9 Å². The second-order valence-electron chi connectivity index (χ2n) is 7.12. The van der Waals surface area contributed by atoms with Gasteiger partial charge in [-0.15, -0.1) is 0 Å². The van der Waals surface area contributed by atoms with Crippen molar-refractivity contribution in [3.8, 4) is 17.6 Å². The van der Waals surface area contributed by atoms with Crippen LogP contribution in [0.15, 0.2) is 34.9 Å². The fraction of sp³-hybridized carbons (Fsp3) is 0.409. The standard InChI is InChI=1S/C22H25BrN4O3/c1-29-19-11-17(18(23)12-20(19)30-2)5-8-25-22(28)16-6-9-27(10-7-16)21-4-3-15(13-24)14-26-21/h3-4,11-12,14,16H,5-10H2,1-2H3,(H,25,28). The number of methoxy groups -OCH3 is 2. The number of ether oxygens (including phenoxy) is 2. The van der Waals surface area contributed by atoms with Crippen molar-refractivity contribution in [3.63, 3.8) is 0 Å². The number of nitriles is 1. The van der Waals surface area contributed by atoms with Crippen molar-refractivity contribution < 1.29 is 14.3 Å². The Morgan fingerprint density at radius 1 is 1.27 bits per heavy atom. The van der Waals surface area contributed by atoms with Crippen LogP contribution in [0, 0.1) is 17.2 Å². The smallest absolute Gasteiger partial charge is 0.223 e. The van der Waals surface area contributed by atoms with Gasteiger partial charge in [-0.2, -0.15) is 5.26 Å². The summed E-state index contributed by atoms with van der Waals surface area (Å²) in [6.07, 6.45) is 3.85. The van der Waals surface area contributed by atoms with E-state index in [9.17, 15) is 4.79 Å². The molecule has 1 fully saturated rings. The summed E-state index contributed by atoms with van der Waals surface area (Å²) in [5.41, 5.74) is 1.60. The fourth-order valence-corrected chi connectivity index (χ4v) is 4.08. The summed E-state index contributed by atoms with van der Waals surface area (Å²) < 4.78 is 11.6. The Balaban J connectivity index is 1.48. The molecule has 0 radical (unpaired) electrons. The highest BCUT2D eigenvalue weighted by Crippen LogP contribution is 2.33. The molecule has 30 heavy (non-hydrogen) atoms. The van der Waals surface area contributed by atoms with E-state index >= 15 is 0 Å². The summed E-state index contributed by atoms with van der Waals surface area (Å²) in [7, 11) is 3.21. The molecule has 0 bridgehead atoms. The molecule has 2 aromatic rings. The molecule has 2 heterocycles. The molecule has 0 aliphatic carbocycles. The van der Waals surface area contributed by atoms with E-state index in [4.69, 9.17) is 14.7 Å². The first-order chi connectivity index (χ1) is 14.5. The number of nitrogens with zero attached hydrogens (tertiary/aromatic N) is 3. The van der Waals surface area contributed by atoms with Crippen LogP contribution in [0.3, 0.4) is 0 Å². The Labute approximate surface area is 185 Å². The van der Waals surface area contributed by atoms with Crippen LogP contribution < -0.4 is 19.7 Å². The monoisotopic (exact) mass is 472 g/mol. The van der Waals surface area contributed by atoms with Gasteiger partial charge in [-0.05, 0) is 49.1 Å². The van der Waals surface area contributed by atoms with Gasteiger partial charge in [0.15, 0.2) is 11.5 Å². The normalized spacial score (nSPS) is 14.1. The van der Waals surface area contributed by atoms with Crippen LogP contribution in [0.2, 0.25) is 0 Å². The summed E-state index contributed by atoms with van der Waals surface area (Å²) in [5, 5.41) is 11.9. The Bertz CT molecular complexity index is 919. The molecular formula is C22H25BrN4O3. The molecule has 1 aromatic carbocycles. The summed E-state index contributed by atoms with van der Waals surface area (Å²) in [4.78, 5) is 19.1. The zero-order valence-electron chi connectivity index (χ0n) is 17.2. The van der Waals surface area contributed by atoms with Gasteiger partial charge >= 0.3 is 0 Å². The van der Waals surface area contributed by atoms with Gasteiger partial charge in [0.25, 0.3) is 0 Å². The van der Waals surface area contributed by atoms with Crippen molar-refractivity contribution in [3.05, 3.63) is 46.1 Å². The van der Waals surface area contributed by atoms with Crippen molar-refractivity contribution in [1.82, 2.24) is 10.3 Å². The first-order valence-electron chi connectivity index (χ1n) is 9.85. The molecule has 8 heteroatoms. The molecule has 1 N–H and O–H groups in total. The largest absolute Gasteiger partial charge is 0.493 e. The molecule has 3 rings (SSSR count). The maximum atomic E-state index is 12.6. The zero-order chi connectivity index (χ0) is 21.5. The third-order valence-corrected chi connectivity index (χ3v) is 6.05. The quantitative estimate of drug-likeness (QED) is 0.664. The topological polar surface area (TPSA) is 87.5 Å². The van der Waals surface area contributed by atoms with Crippen molar-refractivity contribution in [1.29, 1.82) is 5.26 Å². The molecule has 0 spiro atoms. The highest BCUT2D eigenvalue weighted by molar-refractivity contribution is 9.10. The van der Waals surface area contributed by atoms with Crippen molar-refractivity contribution in [2.45, 2.75) is 19.3 Å². The molecule has 1 aliphatic heterocycles. The SMILES string of the molecule is COc1cc(Br)c(CCNC(=O)C2CCN(c3ccc(C#N)cn3)CC2)cc1OC. The number of anilines is 1. The predicted octanol–water partition coefficient (Wildman–Crippen LogP) is 3.31. The van der Waals surface area contributed by atoms with Crippen LogP contribution in [-0.4, -0.2) is 44.7 Å². The van der Waals surface area contributed by atoms with E-state index in [0.29, 0.717) is 30.0 Å². The van der Waals surface area contributed by atoms with Gasteiger partial charge in [0.05, 0.1) is 19.8 Å². The number of carbonyl (C=O) groups is 1. The van der Waals surface area contributed by atoms with Crippen molar-refractivity contribution >= 4 is 27.7 Å². The second-order valence-corrected chi connectivity index (χ2v) is 7.97. The van der Waals surface area contributed by atoms with Gasteiger partial charge in [-0.3, -0.25) is 4.79 Å². The van der Waals surface area contributed by atoms with E-state index in [-0.39, 0.29) is 11.8 Å². The van der Waals surface area contributed by atoms with E-state index in [0.717, 1.165) is 41.8 Å². The fourth-order valence-electron chi connectivity index (χ4n) is 3.56. The molecule has 0 saturated carbocycles. The number of amides is 1. The lowest BCUT2D eigenvalue weighted by Gasteiger charge is -2.32. The van der Waals surface area contributed by atoms with Gasteiger partial charge in [0, 0.05) is 36.2 Å². The van der Waals surface area contributed by atoms with Crippen molar-refractivity contribution in [2.24, 2.45) is 5.92 Å². The van der Waals surface area contributed by atoms with Crippen LogP contribution in [-0.2, 0) is 11.2 Å². The summed E-state index contributed by atoms with van der Waals surface area (Å²) in [6.45, 7) is 2.11. The predicted molar refractivity (Wildman–Crippen MR) is 118 cm³/mol. The van der Waals surface area contributed by atoms with Gasteiger partial charge in [0.2, 0.25) is 5.91 Å². The number of rotatable bonds is 7. The van der Waals surface area contributed by atoms with Gasteiger partial charge < -0.3 is 19.7 Å².